The van der Waals surface area contributed by atoms with Crippen LogP contribution in [0.25, 0.3) is 0 Å². The Morgan fingerprint density at radius 3 is 2.67 bits per heavy atom. The number of nitrogens with one attached hydrogen (secondary N) is 1. The number of aromatic nitrogens is 2. The lowest BCUT2D eigenvalue weighted by Crippen LogP contribution is -2.50. The molecule has 1 N–H and O–H groups in total. The van der Waals surface area contributed by atoms with Gasteiger partial charge in [0.05, 0.1) is 11.6 Å². The summed E-state index contributed by atoms with van der Waals surface area (Å²) >= 11 is 0. The number of aryl methyl sites for hydroxylation is 1. The number of hydrogen-bond acceptors (Lipinski definition) is 3. The van der Waals surface area contributed by atoms with Gasteiger partial charge < -0.3 is 9.80 Å². The average molecular weight is 409 g/mol. The van der Waals surface area contributed by atoms with E-state index in [4.69, 9.17) is 0 Å². The van der Waals surface area contributed by atoms with Crippen molar-refractivity contribution in [2.45, 2.75) is 58.4 Å². The van der Waals surface area contributed by atoms with Crippen LogP contribution in [0.5, 0.6) is 0 Å². The van der Waals surface area contributed by atoms with Crippen LogP contribution in [0, 0.1) is 5.41 Å². The molecule has 1 aromatic heterocycles. The van der Waals surface area contributed by atoms with Gasteiger partial charge in [0.25, 0.3) is 0 Å². The fourth-order valence-corrected chi connectivity index (χ4v) is 4.82. The fraction of sp³-hybridized carbons (Fsp3) is 0.542. The Morgan fingerprint density at radius 1 is 1.17 bits per heavy atom. The van der Waals surface area contributed by atoms with Crippen molar-refractivity contribution >= 4 is 11.8 Å². The molecule has 0 radical (unpaired) electrons. The first-order chi connectivity index (χ1) is 14.5. The van der Waals surface area contributed by atoms with Crippen LogP contribution in [0.1, 0.15) is 62.1 Å². The van der Waals surface area contributed by atoms with E-state index in [1.54, 1.807) is 6.20 Å². The highest BCUT2D eigenvalue weighted by molar-refractivity contribution is 5.86. The van der Waals surface area contributed by atoms with Crippen LogP contribution in [0.3, 0.4) is 0 Å². The molecule has 2 saturated heterocycles. The number of H-pyrrole nitrogens is 1. The normalized spacial score (nSPS) is 21.8. The van der Waals surface area contributed by atoms with Crippen molar-refractivity contribution in [2.24, 2.45) is 5.41 Å². The second kappa shape index (κ2) is 8.62. The molecule has 6 heteroatoms. The van der Waals surface area contributed by atoms with Crippen LogP contribution in [0.4, 0.5) is 0 Å². The number of likely N-dealkylation sites (tertiary alicyclic amines) is 2. The Labute approximate surface area is 178 Å². The third-order valence-electron chi connectivity index (χ3n) is 6.73. The molecule has 1 atom stereocenters. The van der Waals surface area contributed by atoms with E-state index < -0.39 is 0 Å². The minimum atomic E-state index is -0.387. The number of rotatable bonds is 6. The first-order valence-corrected chi connectivity index (χ1v) is 11.1. The SMILES string of the molecule is CC(C)c1ccc(CN2CCC[C@@]3(CCN(C(=O)CCc4cn[nH]c4)C3)C2=O)cc1. The average Bonchev–Trinajstić information content (AvgIpc) is 3.41. The molecule has 2 aliphatic heterocycles. The lowest BCUT2D eigenvalue weighted by molar-refractivity contribution is -0.146. The van der Waals surface area contributed by atoms with Crippen molar-refractivity contribution < 1.29 is 9.59 Å². The van der Waals surface area contributed by atoms with Crippen LogP contribution < -0.4 is 0 Å². The Kier molecular flexibility index (Phi) is 5.93. The van der Waals surface area contributed by atoms with Gasteiger partial charge in [-0.2, -0.15) is 5.10 Å². The summed E-state index contributed by atoms with van der Waals surface area (Å²) < 4.78 is 0. The summed E-state index contributed by atoms with van der Waals surface area (Å²) in [5.41, 5.74) is 3.15. The van der Waals surface area contributed by atoms with Crippen molar-refractivity contribution in [3.05, 3.63) is 53.3 Å². The second-order valence-corrected chi connectivity index (χ2v) is 9.18. The standard InChI is InChI=1S/C24H32N4O2/c1-18(2)21-7-4-19(5-8-21)16-27-12-3-10-24(23(27)30)11-13-28(17-24)22(29)9-6-20-14-25-26-15-20/h4-5,7-8,14-15,18H,3,6,9-13,16-17H2,1-2H3,(H,25,26)/t24-/m0/s1. The molecule has 4 rings (SSSR count). The summed E-state index contributed by atoms with van der Waals surface area (Å²) in [5, 5.41) is 6.72. The molecule has 0 bridgehead atoms. The second-order valence-electron chi connectivity index (χ2n) is 9.18. The summed E-state index contributed by atoms with van der Waals surface area (Å²) in [7, 11) is 0. The van der Waals surface area contributed by atoms with E-state index in [-0.39, 0.29) is 17.2 Å². The van der Waals surface area contributed by atoms with Gasteiger partial charge in [-0.05, 0) is 48.3 Å². The summed E-state index contributed by atoms with van der Waals surface area (Å²) in [6.07, 6.45) is 7.42. The molecule has 6 nitrogen and oxygen atoms in total. The topological polar surface area (TPSA) is 69.3 Å². The number of carbonyl (C=O) groups is 2. The minimum Gasteiger partial charge on any atom is -0.342 e. The number of aromatic amines is 1. The van der Waals surface area contributed by atoms with Gasteiger partial charge in [0, 0.05) is 38.8 Å². The maximum absolute atomic E-state index is 13.4. The lowest BCUT2D eigenvalue weighted by atomic mass is 9.78. The molecule has 1 aromatic carbocycles. The first-order valence-electron chi connectivity index (χ1n) is 11.1. The number of benzene rings is 1. The maximum atomic E-state index is 13.4. The first kappa shape index (κ1) is 20.6. The van der Waals surface area contributed by atoms with E-state index in [2.05, 4.69) is 48.3 Å². The van der Waals surface area contributed by atoms with Gasteiger partial charge in [-0.15, -0.1) is 0 Å². The summed E-state index contributed by atoms with van der Waals surface area (Å²) in [5.74, 6) is 0.878. The molecule has 2 aromatic rings. The van der Waals surface area contributed by atoms with Crippen LogP contribution in [-0.4, -0.2) is 51.4 Å². The lowest BCUT2D eigenvalue weighted by Gasteiger charge is -2.39. The van der Waals surface area contributed by atoms with Crippen molar-refractivity contribution in [3.63, 3.8) is 0 Å². The monoisotopic (exact) mass is 408 g/mol. The largest absolute Gasteiger partial charge is 0.342 e. The predicted octanol–water partition coefficient (Wildman–Crippen LogP) is 3.51. The minimum absolute atomic E-state index is 0.141. The smallest absolute Gasteiger partial charge is 0.230 e. The molecule has 2 aliphatic rings. The van der Waals surface area contributed by atoms with E-state index in [0.717, 1.165) is 31.4 Å². The Morgan fingerprint density at radius 2 is 1.97 bits per heavy atom. The Hall–Kier alpha value is -2.63. The van der Waals surface area contributed by atoms with E-state index in [1.165, 1.54) is 11.1 Å². The molecule has 160 valence electrons. The molecular weight excluding hydrogens is 376 g/mol. The molecule has 0 unspecified atom stereocenters. The molecule has 0 aliphatic carbocycles. The van der Waals surface area contributed by atoms with E-state index >= 15 is 0 Å². The van der Waals surface area contributed by atoms with Crippen LogP contribution in [-0.2, 0) is 22.6 Å². The summed E-state index contributed by atoms with van der Waals surface area (Å²) in [4.78, 5) is 30.0. The van der Waals surface area contributed by atoms with E-state index in [1.807, 2.05) is 16.0 Å². The van der Waals surface area contributed by atoms with Gasteiger partial charge in [0.2, 0.25) is 11.8 Å². The summed E-state index contributed by atoms with van der Waals surface area (Å²) in [6, 6.07) is 8.62. The van der Waals surface area contributed by atoms with Crippen molar-refractivity contribution in [2.75, 3.05) is 19.6 Å². The third-order valence-corrected chi connectivity index (χ3v) is 6.73. The molecule has 1 spiro atoms. The Bertz CT molecular complexity index is 875. The van der Waals surface area contributed by atoms with Gasteiger partial charge in [-0.25, -0.2) is 0 Å². The van der Waals surface area contributed by atoms with E-state index in [0.29, 0.717) is 38.4 Å². The number of hydrogen-bond donors (Lipinski definition) is 1. The van der Waals surface area contributed by atoms with Crippen molar-refractivity contribution in [1.29, 1.82) is 0 Å². The highest BCUT2D eigenvalue weighted by Gasteiger charge is 2.49. The number of piperidine rings is 1. The molecular formula is C24H32N4O2. The van der Waals surface area contributed by atoms with Gasteiger partial charge in [0.15, 0.2) is 0 Å². The maximum Gasteiger partial charge on any atom is 0.230 e. The highest BCUT2D eigenvalue weighted by Crippen LogP contribution is 2.40. The van der Waals surface area contributed by atoms with Crippen LogP contribution >= 0.6 is 0 Å². The molecule has 30 heavy (non-hydrogen) atoms. The van der Waals surface area contributed by atoms with Crippen molar-refractivity contribution in [1.82, 2.24) is 20.0 Å². The van der Waals surface area contributed by atoms with Gasteiger partial charge >= 0.3 is 0 Å². The highest BCUT2D eigenvalue weighted by atomic mass is 16.2. The Balaban J connectivity index is 1.37. The molecule has 2 fully saturated rings. The zero-order valence-electron chi connectivity index (χ0n) is 18.1. The van der Waals surface area contributed by atoms with Gasteiger partial charge in [-0.1, -0.05) is 38.1 Å². The zero-order chi connectivity index (χ0) is 21.1. The predicted molar refractivity (Wildman–Crippen MR) is 116 cm³/mol. The number of amides is 2. The number of carbonyl (C=O) groups excluding carboxylic acids is 2. The zero-order valence-corrected chi connectivity index (χ0v) is 18.1. The third kappa shape index (κ3) is 4.27. The van der Waals surface area contributed by atoms with Crippen molar-refractivity contribution in [3.8, 4) is 0 Å². The summed E-state index contributed by atoms with van der Waals surface area (Å²) in [6.45, 7) is 7.10. The fourth-order valence-electron chi connectivity index (χ4n) is 4.82. The van der Waals surface area contributed by atoms with Crippen LogP contribution in [0.2, 0.25) is 0 Å². The number of nitrogens with zero attached hydrogens (tertiary/aromatic N) is 3. The van der Waals surface area contributed by atoms with Crippen LogP contribution in [0.15, 0.2) is 36.7 Å². The van der Waals surface area contributed by atoms with Gasteiger partial charge in [0.1, 0.15) is 0 Å². The molecule has 3 heterocycles. The van der Waals surface area contributed by atoms with E-state index in [9.17, 15) is 9.59 Å². The van der Waals surface area contributed by atoms with Gasteiger partial charge in [-0.3, -0.25) is 14.7 Å². The molecule has 0 saturated carbocycles. The molecule has 2 amide bonds. The quantitative estimate of drug-likeness (QED) is 0.795.